The summed E-state index contributed by atoms with van der Waals surface area (Å²) >= 11 is 0. The third kappa shape index (κ3) is 2.49. The molecule has 146 valence electrons. The fourth-order valence-electron chi connectivity index (χ4n) is 3.26. The van der Waals surface area contributed by atoms with Gasteiger partial charge in [0.1, 0.15) is 5.65 Å². The smallest absolute Gasteiger partial charge is 0.324 e. The van der Waals surface area contributed by atoms with E-state index in [9.17, 15) is 24.0 Å². The molecular formula is C19H14N4O6. The van der Waals surface area contributed by atoms with Crippen LogP contribution in [0.1, 0.15) is 36.6 Å². The van der Waals surface area contributed by atoms with Crippen LogP contribution in [-0.2, 0) is 18.9 Å². The number of aryl methyl sites for hydroxylation is 2. The molecule has 1 aliphatic rings. The van der Waals surface area contributed by atoms with Gasteiger partial charge in [-0.1, -0.05) is 17.2 Å². The number of hydrogen-bond acceptors (Lipinski definition) is 7. The number of aromatic nitrogens is 3. The maximum Gasteiger partial charge on any atom is 0.365 e. The van der Waals surface area contributed by atoms with Gasteiger partial charge in [-0.15, -0.1) is 0 Å². The van der Waals surface area contributed by atoms with E-state index >= 15 is 0 Å². The van der Waals surface area contributed by atoms with Gasteiger partial charge in [0.05, 0.1) is 22.1 Å². The summed E-state index contributed by atoms with van der Waals surface area (Å²) < 4.78 is 2.08. The van der Waals surface area contributed by atoms with Gasteiger partial charge < -0.3 is 4.84 Å². The standard InChI is InChI=1S/C19H14N4O6/c1-9-12(8-20-14-13(9)17(26)22(3)19(28)21(14)2)18(27)29-23-15(24)10-6-4-5-7-11(10)16(23)25/h4-8H,1-3H3. The number of amides is 2. The lowest BCUT2D eigenvalue weighted by molar-refractivity contribution is -0.0585. The summed E-state index contributed by atoms with van der Waals surface area (Å²) in [5, 5.41) is 0.446. The van der Waals surface area contributed by atoms with Crippen molar-refractivity contribution in [2.24, 2.45) is 14.1 Å². The van der Waals surface area contributed by atoms with E-state index in [4.69, 9.17) is 4.84 Å². The second kappa shape index (κ2) is 6.23. The van der Waals surface area contributed by atoms with E-state index < -0.39 is 29.0 Å². The van der Waals surface area contributed by atoms with Gasteiger partial charge >= 0.3 is 11.7 Å². The molecule has 0 fully saturated rings. The third-order valence-electron chi connectivity index (χ3n) is 4.88. The maximum atomic E-state index is 12.7. The number of imide groups is 1. The minimum Gasteiger partial charge on any atom is -0.324 e. The molecule has 2 aromatic heterocycles. The van der Waals surface area contributed by atoms with Gasteiger partial charge in [-0.3, -0.25) is 23.5 Å². The van der Waals surface area contributed by atoms with Crippen LogP contribution in [0.25, 0.3) is 11.0 Å². The number of rotatable bonds is 2. The lowest BCUT2D eigenvalue weighted by Gasteiger charge is -2.15. The highest BCUT2D eigenvalue weighted by Gasteiger charge is 2.39. The average Bonchev–Trinajstić information content (AvgIpc) is 2.95. The second-order valence-electron chi connectivity index (χ2n) is 6.53. The molecule has 0 aliphatic carbocycles. The van der Waals surface area contributed by atoms with Crippen LogP contribution in [0.5, 0.6) is 0 Å². The van der Waals surface area contributed by atoms with Gasteiger partial charge in [-0.25, -0.2) is 14.6 Å². The molecule has 10 nitrogen and oxygen atoms in total. The topological polar surface area (TPSA) is 121 Å². The molecule has 1 aliphatic heterocycles. The maximum absolute atomic E-state index is 12.7. The Morgan fingerprint density at radius 1 is 0.966 bits per heavy atom. The minimum atomic E-state index is -1.03. The third-order valence-corrected chi connectivity index (χ3v) is 4.88. The van der Waals surface area contributed by atoms with E-state index in [0.717, 1.165) is 10.8 Å². The zero-order valence-electron chi connectivity index (χ0n) is 15.6. The van der Waals surface area contributed by atoms with Crippen LogP contribution < -0.4 is 11.2 Å². The molecule has 0 N–H and O–H groups in total. The van der Waals surface area contributed by atoms with Crippen molar-refractivity contribution >= 4 is 28.8 Å². The van der Waals surface area contributed by atoms with Gasteiger partial charge in [-0.05, 0) is 24.6 Å². The molecule has 10 heteroatoms. The summed E-state index contributed by atoms with van der Waals surface area (Å²) in [4.78, 5) is 71.1. The molecule has 4 rings (SSSR count). The van der Waals surface area contributed by atoms with Gasteiger partial charge in [0, 0.05) is 20.3 Å². The first-order chi connectivity index (χ1) is 13.7. The van der Waals surface area contributed by atoms with Gasteiger partial charge in [0.25, 0.3) is 17.4 Å². The summed E-state index contributed by atoms with van der Waals surface area (Å²) in [6.45, 7) is 1.49. The van der Waals surface area contributed by atoms with Crippen LogP contribution in [0.15, 0.2) is 40.1 Å². The number of fused-ring (bicyclic) bond motifs is 2. The van der Waals surface area contributed by atoms with E-state index in [-0.39, 0.29) is 33.3 Å². The molecule has 1 aromatic carbocycles. The van der Waals surface area contributed by atoms with Crippen molar-refractivity contribution in [1.29, 1.82) is 0 Å². The predicted molar refractivity (Wildman–Crippen MR) is 99.3 cm³/mol. The van der Waals surface area contributed by atoms with Crippen molar-refractivity contribution in [2.45, 2.75) is 6.92 Å². The van der Waals surface area contributed by atoms with Crippen LogP contribution in [0.2, 0.25) is 0 Å². The summed E-state index contributed by atoms with van der Waals surface area (Å²) in [6.07, 6.45) is 1.14. The summed E-state index contributed by atoms with van der Waals surface area (Å²) in [5.41, 5.74) is -0.713. The molecule has 0 atom stereocenters. The Morgan fingerprint density at radius 3 is 2.14 bits per heavy atom. The monoisotopic (exact) mass is 394 g/mol. The molecule has 2 amide bonds. The molecule has 3 heterocycles. The Bertz CT molecular complexity index is 1330. The zero-order chi connectivity index (χ0) is 21.0. The quantitative estimate of drug-likeness (QED) is 0.574. The Kier molecular flexibility index (Phi) is 3.93. The molecule has 0 saturated carbocycles. The van der Waals surface area contributed by atoms with Crippen LogP contribution in [0, 0.1) is 6.92 Å². The highest BCUT2D eigenvalue weighted by Crippen LogP contribution is 2.24. The number of pyridine rings is 1. The number of hydrogen-bond donors (Lipinski definition) is 0. The zero-order valence-corrected chi connectivity index (χ0v) is 15.6. The Hall–Kier alpha value is -4.08. The highest BCUT2D eigenvalue weighted by molar-refractivity contribution is 6.21. The molecule has 0 spiro atoms. The lowest BCUT2D eigenvalue weighted by Crippen LogP contribution is -2.38. The van der Waals surface area contributed by atoms with Crippen LogP contribution in [-0.4, -0.2) is 37.0 Å². The van der Waals surface area contributed by atoms with Gasteiger partial charge in [0.15, 0.2) is 0 Å². The number of carbonyl (C=O) groups is 3. The SMILES string of the molecule is Cc1c(C(=O)ON2C(=O)c3ccccc3C2=O)cnc2c1c(=O)n(C)c(=O)n2C. The van der Waals surface area contributed by atoms with E-state index in [0.29, 0.717) is 5.06 Å². The molecular weight excluding hydrogens is 380 g/mol. The second-order valence-corrected chi connectivity index (χ2v) is 6.53. The van der Waals surface area contributed by atoms with E-state index in [1.165, 1.54) is 37.7 Å². The van der Waals surface area contributed by atoms with E-state index in [1.807, 2.05) is 0 Å². The minimum absolute atomic E-state index is 0.0615. The molecule has 0 unspecified atom stereocenters. The van der Waals surface area contributed by atoms with Crippen molar-refractivity contribution in [1.82, 2.24) is 19.2 Å². The molecule has 3 aromatic rings. The number of hydroxylamine groups is 2. The number of carbonyl (C=O) groups excluding carboxylic acids is 3. The van der Waals surface area contributed by atoms with Gasteiger partial charge in [0.2, 0.25) is 0 Å². The Morgan fingerprint density at radius 2 is 1.55 bits per heavy atom. The summed E-state index contributed by atoms with van der Waals surface area (Å²) in [7, 11) is 2.76. The van der Waals surface area contributed by atoms with E-state index in [2.05, 4.69) is 4.98 Å². The number of nitrogens with zero attached hydrogens (tertiary/aromatic N) is 4. The Labute approximate surface area is 162 Å². The van der Waals surface area contributed by atoms with Crippen molar-refractivity contribution in [2.75, 3.05) is 0 Å². The predicted octanol–water partition coefficient (Wildman–Crippen LogP) is 0.309. The van der Waals surface area contributed by atoms with Gasteiger partial charge in [-0.2, -0.15) is 0 Å². The highest BCUT2D eigenvalue weighted by atomic mass is 16.7. The summed E-state index contributed by atoms with van der Waals surface area (Å²) in [5.74, 6) is -2.55. The first-order valence-electron chi connectivity index (χ1n) is 8.49. The normalized spacial score (nSPS) is 13.1. The first kappa shape index (κ1) is 18.3. The molecule has 0 bridgehead atoms. The summed E-state index contributed by atoms with van der Waals surface area (Å²) in [6, 6.07) is 6.09. The van der Waals surface area contributed by atoms with Crippen LogP contribution in [0.4, 0.5) is 0 Å². The largest absolute Gasteiger partial charge is 0.365 e. The molecule has 29 heavy (non-hydrogen) atoms. The van der Waals surface area contributed by atoms with Crippen molar-refractivity contribution < 1.29 is 19.2 Å². The van der Waals surface area contributed by atoms with Crippen molar-refractivity contribution in [3.63, 3.8) is 0 Å². The van der Waals surface area contributed by atoms with Crippen molar-refractivity contribution in [3.05, 3.63) is 73.6 Å². The fourth-order valence-corrected chi connectivity index (χ4v) is 3.26. The Balaban J connectivity index is 1.77. The van der Waals surface area contributed by atoms with E-state index in [1.54, 1.807) is 12.1 Å². The lowest BCUT2D eigenvalue weighted by atomic mass is 10.1. The van der Waals surface area contributed by atoms with Crippen LogP contribution >= 0.6 is 0 Å². The molecule has 0 radical (unpaired) electrons. The van der Waals surface area contributed by atoms with Crippen LogP contribution in [0.3, 0.4) is 0 Å². The number of benzene rings is 1. The first-order valence-corrected chi connectivity index (χ1v) is 8.49. The average molecular weight is 394 g/mol. The fraction of sp³-hybridized carbons (Fsp3) is 0.158. The van der Waals surface area contributed by atoms with Crippen molar-refractivity contribution in [3.8, 4) is 0 Å². The molecule has 0 saturated heterocycles.